The van der Waals surface area contributed by atoms with Gasteiger partial charge in [-0.2, -0.15) is 5.10 Å². The molecule has 3 aliphatic heterocycles. The van der Waals surface area contributed by atoms with E-state index < -0.39 is 30.7 Å². The molecule has 16 heteroatoms. The number of hydrogen-bond donors (Lipinski definition) is 0. The third kappa shape index (κ3) is 8.36. The van der Waals surface area contributed by atoms with Crippen molar-refractivity contribution >= 4 is 31.1 Å². The third-order valence-electron chi connectivity index (χ3n) is 7.54. The van der Waals surface area contributed by atoms with Crippen LogP contribution in [0.3, 0.4) is 0 Å². The number of phosphoric ester groups is 1. The third-order valence-corrected chi connectivity index (χ3v) is 9.52. The molecule has 0 radical (unpaired) electrons. The topological polar surface area (TPSA) is 149 Å². The maximum absolute atomic E-state index is 14.1. The van der Waals surface area contributed by atoms with E-state index in [-0.39, 0.29) is 50.9 Å². The Morgan fingerprint density at radius 2 is 1.51 bits per heavy atom. The highest BCUT2D eigenvalue weighted by Crippen LogP contribution is 2.56. The van der Waals surface area contributed by atoms with Crippen LogP contribution in [0.2, 0.25) is 0 Å². The summed E-state index contributed by atoms with van der Waals surface area (Å²) in [6.45, 7) is 12.7. The Morgan fingerprint density at radius 1 is 0.898 bits per heavy atom. The van der Waals surface area contributed by atoms with Gasteiger partial charge in [0.25, 0.3) is 11.8 Å². The molecule has 3 aliphatic rings. The number of fused-ring (bicyclic) bond motifs is 1. The van der Waals surface area contributed by atoms with Crippen LogP contribution in [-0.2, 0) is 32.6 Å². The summed E-state index contributed by atoms with van der Waals surface area (Å²) in [6.07, 6.45) is 4.86. The lowest BCUT2D eigenvalue weighted by atomic mass is 10.1. The summed E-state index contributed by atoms with van der Waals surface area (Å²) in [6, 6.07) is 8.93. The van der Waals surface area contributed by atoms with Gasteiger partial charge < -0.3 is 14.7 Å². The number of rotatable bonds is 10. The first-order chi connectivity index (χ1) is 23.0. The van der Waals surface area contributed by atoms with Crippen LogP contribution >= 0.6 is 7.82 Å². The van der Waals surface area contributed by atoms with E-state index in [0.717, 1.165) is 0 Å². The van der Waals surface area contributed by atoms with Gasteiger partial charge in [0, 0.05) is 37.9 Å². The van der Waals surface area contributed by atoms with Gasteiger partial charge in [-0.3, -0.25) is 32.8 Å². The number of aryl methyl sites for hydroxylation is 1. The fraction of sp³-hybridized carbons (Fsp3) is 0.485. The van der Waals surface area contributed by atoms with Gasteiger partial charge in [-0.25, -0.2) is 19.3 Å². The van der Waals surface area contributed by atoms with Gasteiger partial charge in [0.15, 0.2) is 0 Å². The molecule has 1 aromatic carbocycles. The van der Waals surface area contributed by atoms with E-state index >= 15 is 0 Å². The molecule has 1 fully saturated rings. The maximum atomic E-state index is 14.1. The van der Waals surface area contributed by atoms with E-state index in [9.17, 15) is 18.9 Å². The Bertz CT molecular complexity index is 1710. The summed E-state index contributed by atoms with van der Waals surface area (Å²) >= 11 is 0. The van der Waals surface area contributed by atoms with Crippen LogP contribution in [0.25, 0.3) is 5.70 Å². The van der Waals surface area contributed by atoms with E-state index in [1.165, 1.54) is 28.1 Å². The molecule has 1 saturated heterocycles. The number of Topliss-reactive ketones (excluding diaryl/α,β-unsaturated/α-hetero) is 1. The predicted octanol–water partition coefficient (Wildman–Crippen LogP) is 3.98. The average Bonchev–Trinajstić information content (AvgIpc) is 3.65. The Hall–Kier alpha value is -4.14. The normalized spacial score (nSPS) is 17.3. The molecule has 4 heterocycles. The Morgan fingerprint density at radius 3 is 2.06 bits per heavy atom. The lowest BCUT2D eigenvalue weighted by Gasteiger charge is -2.34. The zero-order valence-corrected chi connectivity index (χ0v) is 30.1. The first-order valence-corrected chi connectivity index (χ1v) is 17.4. The lowest BCUT2D eigenvalue weighted by molar-refractivity contribution is -0.144. The molecule has 2 amide bonds. The van der Waals surface area contributed by atoms with Crippen LogP contribution in [0.4, 0.5) is 0 Å². The molecular weight excluding hydrogens is 653 g/mol. The van der Waals surface area contributed by atoms with E-state index in [0.29, 0.717) is 28.5 Å². The van der Waals surface area contributed by atoms with Crippen molar-refractivity contribution in [1.82, 2.24) is 34.5 Å². The number of carbonyl (C=O) groups is 3. The van der Waals surface area contributed by atoms with E-state index in [1.807, 2.05) is 6.07 Å². The highest BCUT2D eigenvalue weighted by atomic mass is 31.2. The van der Waals surface area contributed by atoms with Crippen molar-refractivity contribution < 1.29 is 37.4 Å². The number of carbonyl (C=O) groups excluding carboxylic acids is 3. The molecule has 0 saturated carbocycles. The van der Waals surface area contributed by atoms with Crippen LogP contribution in [0.1, 0.15) is 57.7 Å². The highest BCUT2D eigenvalue weighted by Gasteiger charge is 2.44. The minimum Gasteiger partial charge on any atom is -0.340 e. The molecule has 2 aromatic rings. The molecule has 1 aromatic heterocycles. The fourth-order valence-corrected chi connectivity index (χ4v) is 7.33. The van der Waals surface area contributed by atoms with Gasteiger partial charge in [0.05, 0.1) is 41.8 Å². The predicted molar refractivity (Wildman–Crippen MR) is 179 cm³/mol. The molecule has 0 aliphatic carbocycles. The van der Waals surface area contributed by atoms with E-state index in [4.69, 9.17) is 18.4 Å². The molecule has 0 atom stereocenters. The van der Waals surface area contributed by atoms with Crippen LogP contribution in [0.15, 0.2) is 65.9 Å². The maximum Gasteiger partial charge on any atom is 0.477 e. The Balaban J connectivity index is 1.44. The average molecular weight is 698 g/mol. The second-order valence-corrected chi connectivity index (χ2v) is 15.2. The Labute approximate surface area is 286 Å². The molecule has 15 nitrogen and oxygen atoms in total. The summed E-state index contributed by atoms with van der Waals surface area (Å²) in [5.74, 6) is -1.07. The zero-order chi connectivity index (χ0) is 35.7. The van der Waals surface area contributed by atoms with Crippen molar-refractivity contribution in [2.45, 2.75) is 59.7 Å². The first-order valence-electron chi connectivity index (χ1n) is 16.0. The van der Waals surface area contributed by atoms with Gasteiger partial charge in [-0.05, 0) is 66.7 Å². The fourth-order valence-electron chi connectivity index (χ4n) is 5.57. The largest absolute Gasteiger partial charge is 0.477 e. The summed E-state index contributed by atoms with van der Waals surface area (Å²) in [7, 11) is -2.73. The first kappa shape index (κ1) is 36.1. The standard InChI is InChI=1S/C33H44N7O8P/c1-23-34-21-39(35-23)26-14-15-40(45-8)27-25(20-38(28(26)27)22-46-49(44,47-32(2,3)4)48-33(5,6)7)29(41)31(43)37-18-16-36(17-19-37)30(42)24-12-10-9-11-13-24/h9-15,21H,16-20,22H2,1-8H3. The van der Waals surface area contributed by atoms with Crippen LogP contribution in [-0.4, -0.2) is 110 Å². The second-order valence-electron chi connectivity index (χ2n) is 13.7. The van der Waals surface area contributed by atoms with Crippen molar-refractivity contribution in [2.75, 3.05) is 46.6 Å². The SMILES string of the molecule is CON1C=CC(n2cnc(C)n2)=C2C1=C(C(=O)C(=O)N1CCN(C(=O)c3ccccc3)CC1)CN2COP(=O)(OC(C)(C)C)OC(C)(C)C. The molecule has 5 rings (SSSR count). The van der Waals surface area contributed by atoms with Crippen molar-refractivity contribution in [3.05, 3.63) is 77.3 Å². The minimum absolute atomic E-state index is 0.0918. The summed E-state index contributed by atoms with van der Waals surface area (Å²) < 4.78 is 33.1. The summed E-state index contributed by atoms with van der Waals surface area (Å²) in [5.41, 5.74) is 0.197. The lowest BCUT2D eigenvalue weighted by Crippen LogP contribution is -2.52. The van der Waals surface area contributed by atoms with Gasteiger partial charge in [-0.15, -0.1) is 0 Å². The van der Waals surface area contributed by atoms with Crippen molar-refractivity contribution in [2.24, 2.45) is 0 Å². The number of phosphoric acid groups is 1. The molecule has 0 N–H and O–H groups in total. The van der Waals surface area contributed by atoms with E-state index in [2.05, 4.69) is 10.1 Å². The summed E-state index contributed by atoms with van der Waals surface area (Å²) in [4.78, 5) is 55.5. The minimum atomic E-state index is -4.17. The van der Waals surface area contributed by atoms with Crippen LogP contribution < -0.4 is 0 Å². The van der Waals surface area contributed by atoms with Gasteiger partial charge >= 0.3 is 7.82 Å². The van der Waals surface area contributed by atoms with Crippen LogP contribution in [0, 0.1) is 6.92 Å². The summed E-state index contributed by atoms with van der Waals surface area (Å²) in [5, 5.41) is 5.84. The molecule has 0 unspecified atom stereocenters. The highest BCUT2D eigenvalue weighted by molar-refractivity contribution is 7.48. The number of aromatic nitrogens is 3. The number of allylic oxidation sites excluding steroid dienone is 2. The Kier molecular flexibility index (Phi) is 10.3. The number of amides is 2. The van der Waals surface area contributed by atoms with Gasteiger partial charge in [0.1, 0.15) is 24.6 Å². The van der Waals surface area contributed by atoms with Crippen molar-refractivity contribution in [1.29, 1.82) is 0 Å². The molecule has 49 heavy (non-hydrogen) atoms. The number of piperazine rings is 1. The molecule has 0 spiro atoms. The second kappa shape index (κ2) is 14.0. The molecule has 264 valence electrons. The van der Waals surface area contributed by atoms with Gasteiger partial charge in [0.2, 0.25) is 5.78 Å². The number of hydrogen-bond acceptors (Lipinski definition) is 12. The quantitative estimate of drug-likeness (QED) is 0.261. The smallest absolute Gasteiger partial charge is 0.340 e. The van der Waals surface area contributed by atoms with Crippen LogP contribution in [0.5, 0.6) is 0 Å². The molecule has 0 bridgehead atoms. The monoisotopic (exact) mass is 697 g/mol. The number of benzene rings is 1. The molecular formula is C33H44N7O8P. The number of nitrogens with zero attached hydrogens (tertiary/aromatic N) is 7. The van der Waals surface area contributed by atoms with Gasteiger partial charge in [-0.1, -0.05) is 18.2 Å². The van der Waals surface area contributed by atoms with Crippen molar-refractivity contribution in [3.8, 4) is 0 Å². The zero-order valence-electron chi connectivity index (χ0n) is 29.2. The number of hydroxylamine groups is 2. The van der Waals surface area contributed by atoms with E-state index in [1.54, 1.807) is 94.8 Å². The van der Waals surface area contributed by atoms with Crippen molar-refractivity contribution in [3.63, 3.8) is 0 Å². The number of ketones is 1.